The molecule has 4 heteroatoms. The number of nitrogens with two attached hydrogens (primary N) is 1. The maximum atomic E-state index is 10.3. The lowest BCUT2D eigenvalue weighted by Crippen LogP contribution is -1.95. The fourth-order valence-corrected chi connectivity index (χ4v) is 0.626. The molecular weight excluding hydrogens is 168 g/mol. The van der Waals surface area contributed by atoms with Gasteiger partial charge < -0.3 is 10.8 Å². The highest BCUT2D eigenvalue weighted by Crippen LogP contribution is 2.04. The molecule has 0 fully saturated rings. The van der Waals surface area contributed by atoms with Crippen LogP contribution in [0.5, 0.6) is 0 Å². The molecule has 4 nitrogen and oxygen atoms in total. The Hall–Kier alpha value is -2.06. The second-order valence-electron chi connectivity index (χ2n) is 2.10. The van der Waals surface area contributed by atoms with Gasteiger partial charge in [0.05, 0.1) is 5.56 Å². The molecule has 0 aromatic heterocycles. The Bertz CT molecular complexity index is 311. The normalized spacial score (nSPS) is 7.69. The molecule has 1 aromatic rings. The molecule has 0 saturated heterocycles. The van der Waals surface area contributed by atoms with E-state index < -0.39 is 5.97 Å². The molecule has 0 unspecified atom stereocenters. The Labute approximate surface area is 75.8 Å². The maximum Gasteiger partial charge on any atom is 0.335 e. The van der Waals surface area contributed by atoms with Gasteiger partial charge in [-0.15, -0.1) is 0 Å². The van der Waals surface area contributed by atoms with Crippen molar-refractivity contribution in [2.45, 2.75) is 0 Å². The molecule has 0 bridgehead atoms. The number of carboxylic acid groups (broad SMARTS) is 1. The van der Waals surface area contributed by atoms with Gasteiger partial charge in [0.15, 0.2) is 0 Å². The lowest BCUT2D eigenvalue weighted by atomic mass is 10.2. The summed E-state index contributed by atoms with van der Waals surface area (Å²) in [5.74, 6) is 0.819. The van der Waals surface area contributed by atoms with Crippen LogP contribution in [0.1, 0.15) is 10.4 Å². The number of hydrogen-bond acceptors (Lipinski definition) is 3. The number of benzene rings is 1. The van der Waals surface area contributed by atoms with Gasteiger partial charge in [0.2, 0.25) is 0 Å². The lowest BCUT2D eigenvalue weighted by molar-refractivity contribution is 0.0697. The molecule has 13 heavy (non-hydrogen) atoms. The van der Waals surface area contributed by atoms with E-state index in [1.165, 1.54) is 12.1 Å². The van der Waals surface area contributed by atoms with Gasteiger partial charge in [-0.3, -0.25) is 5.41 Å². The number of rotatable bonds is 1. The van der Waals surface area contributed by atoms with Crippen LogP contribution in [0, 0.1) is 5.41 Å². The number of carboxylic acids is 1. The summed E-state index contributed by atoms with van der Waals surface area (Å²) in [6.45, 7) is 2.90. The summed E-state index contributed by atoms with van der Waals surface area (Å²) < 4.78 is 0. The van der Waals surface area contributed by atoms with Gasteiger partial charge in [0.1, 0.15) is 0 Å². The Morgan fingerprint density at radius 1 is 1.46 bits per heavy atom. The number of hydrogen-bond donors (Lipinski definition) is 3. The summed E-state index contributed by atoms with van der Waals surface area (Å²) in [5, 5.41) is 14.3. The fraction of sp³-hybridized carbons (Fsp3) is 0. The minimum Gasteiger partial charge on any atom is -0.478 e. The number of nitrogens with one attached hydrogen (secondary N) is 1. The van der Waals surface area contributed by atoms with E-state index in [9.17, 15) is 4.79 Å². The molecule has 4 N–H and O–H groups in total. The Morgan fingerprint density at radius 3 is 2.15 bits per heavy atom. The topological polar surface area (TPSA) is 87.2 Å². The third-order valence-corrected chi connectivity index (χ3v) is 1.16. The van der Waals surface area contributed by atoms with Gasteiger partial charge in [-0.05, 0) is 36.7 Å². The molecule has 0 atom stereocenters. The average molecular weight is 178 g/mol. The second kappa shape index (κ2) is 5.57. The molecule has 0 heterocycles. The van der Waals surface area contributed by atoms with Gasteiger partial charge in [-0.2, -0.15) is 0 Å². The number of nitrogen functional groups attached to an aromatic ring is 1. The van der Waals surface area contributed by atoms with Crippen molar-refractivity contribution in [2.24, 2.45) is 0 Å². The first-order valence-electron chi connectivity index (χ1n) is 3.39. The SMILES string of the molecule is C=C=N.Nc1ccc(C(=O)O)cc1. The van der Waals surface area contributed by atoms with Crippen LogP contribution in [0.25, 0.3) is 0 Å². The largest absolute Gasteiger partial charge is 0.478 e. The number of anilines is 1. The van der Waals surface area contributed by atoms with Gasteiger partial charge in [0, 0.05) is 5.69 Å². The Balaban J connectivity index is 0.000000424. The molecule has 1 rings (SSSR count). The van der Waals surface area contributed by atoms with Crippen LogP contribution >= 0.6 is 0 Å². The second-order valence-corrected chi connectivity index (χ2v) is 2.10. The van der Waals surface area contributed by atoms with Crippen LogP contribution in [-0.2, 0) is 0 Å². The minimum atomic E-state index is -0.931. The minimum absolute atomic E-state index is 0.259. The van der Waals surface area contributed by atoms with E-state index in [4.69, 9.17) is 16.2 Å². The highest BCUT2D eigenvalue weighted by molar-refractivity contribution is 5.87. The first-order valence-corrected chi connectivity index (χ1v) is 3.39. The van der Waals surface area contributed by atoms with E-state index in [1.807, 2.05) is 0 Å². The van der Waals surface area contributed by atoms with Crippen molar-refractivity contribution in [3.8, 4) is 0 Å². The van der Waals surface area contributed by atoms with Gasteiger partial charge >= 0.3 is 5.97 Å². The molecule has 68 valence electrons. The highest BCUT2D eigenvalue weighted by atomic mass is 16.4. The quantitative estimate of drug-likeness (QED) is 0.448. The van der Waals surface area contributed by atoms with E-state index in [2.05, 4.69) is 6.58 Å². The van der Waals surface area contributed by atoms with Crippen molar-refractivity contribution >= 4 is 17.5 Å². The fourth-order valence-electron chi connectivity index (χ4n) is 0.626. The van der Waals surface area contributed by atoms with Crippen molar-refractivity contribution < 1.29 is 9.90 Å². The molecular formula is C9H10N2O2. The summed E-state index contributed by atoms with van der Waals surface area (Å²) in [7, 11) is 0. The zero-order valence-electron chi connectivity index (χ0n) is 6.95. The van der Waals surface area contributed by atoms with E-state index in [1.54, 1.807) is 18.0 Å². The highest BCUT2D eigenvalue weighted by Gasteiger charge is 1.98. The monoisotopic (exact) mass is 178 g/mol. The summed E-state index contributed by atoms with van der Waals surface area (Å²) in [6.07, 6.45) is 0. The first kappa shape index (κ1) is 10.9. The summed E-state index contributed by atoms with van der Waals surface area (Å²) in [4.78, 5) is 10.3. The molecule has 0 aliphatic rings. The zero-order chi connectivity index (χ0) is 10.3. The van der Waals surface area contributed by atoms with E-state index in [0.29, 0.717) is 5.69 Å². The predicted octanol–water partition coefficient (Wildman–Crippen LogP) is 1.39. The summed E-state index contributed by atoms with van der Waals surface area (Å²) in [5.41, 5.74) is 6.17. The average Bonchev–Trinajstić information content (AvgIpc) is 2.06. The van der Waals surface area contributed by atoms with Crippen LogP contribution < -0.4 is 5.73 Å². The van der Waals surface area contributed by atoms with Crippen LogP contribution in [0.15, 0.2) is 30.8 Å². The molecule has 0 saturated carbocycles. The Kier molecular flexibility index (Phi) is 4.69. The predicted molar refractivity (Wildman–Crippen MR) is 51.2 cm³/mol. The van der Waals surface area contributed by atoms with Crippen molar-refractivity contribution in [2.75, 3.05) is 5.73 Å². The van der Waals surface area contributed by atoms with E-state index in [-0.39, 0.29) is 5.56 Å². The third kappa shape index (κ3) is 4.40. The number of aromatic carboxylic acids is 1. The molecule has 0 spiro atoms. The first-order chi connectivity index (χ1) is 6.11. The van der Waals surface area contributed by atoms with Crippen LogP contribution in [0.4, 0.5) is 5.69 Å². The third-order valence-electron chi connectivity index (χ3n) is 1.16. The van der Waals surface area contributed by atoms with E-state index in [0.717, 1.165) is 0 Å². The van der Waals surface area contributed by atoms with Crippen molar-refractivity contribution in [1.82, 2.24) is 0 Å². The van der Waals surface area contributed by atoms with Crippen molar-refractivity contribution in [1.29, 1.82) is 5.41 Å². The maximum absolute atomic E-state index is 10.3. The van der Waals surface area contributed by atoms with Gasteiger partial charge in [-0.1, -0.05) is 0 Å². The van der Waals surface area contributed by atoms with Crippen molar-refractivity contribution in [3.05, 3.63) is 36.4 Å². The van der Waals surface area contributed by atoms with Crippen LogP contribution in [0.3, 0.4) is 0 Å². The Morgan fingerprint density at radius 2 is 1.85 bits per heavy atom. The molecule has 0 amide bonds. The van der Waals surface area contributed by atoms with Crippen LogP contribution in [-0.4, -0.2) is 16.9 Å². The van der Waals surface area contributed by atoms with E-state index >= 15 is 0 Å². The lowest BCUT2D eigenvalue weighted by Gasteiger charge is -1.93. The van der Waals surface area contributed by atoms with Crippen LogP contribution in [0.2, 0.25) is 0 Å². The standard InChI is InChI=1S/C7H7NO2.C2H3N/c8-6-3-1-5(2-4-6)7(9)10;1-2-3/h1-4H,8H2,(H,9,10);3H,1H2. The summed E-state index contributed by atoms with van der Waals surface area (Å²) >= 11 is 0. The van der Waals surface area contributed by atoms with Crippen molar-refractivity contribution in [3.63, 3.8) is 0 Å². The number of carbonyl (C=O) groups is 1. The molecule has 0 radical (unpaired) electrons. The van der Waals surface area contributed by atoms with Gasteiger partial charge in [0.25, 0.3) is 0 Å². The zero-order valence-corrected chi connectivity index (χ0v) is 6.95. The smallest absolute Gasteiger partial charge is 0.335 e. The molecule has 1 aromatic carbocycles. The van der Waals surface area contributed by atoms with Gasteiger partial charge in [-0.25, -0.2) is 4.79 Å². The molecule has 0 aliphatic heterocycles. The summed E-state index contributed by atoms with van der Waals surface area (Å²) in [6, 6.07) is 6.06. The molecule has 0 aliphatic carbocycles.